The van der Waals surface area contributed by atoms with Crippen LogP contribution in [0.1, 0.15) is 55.2 Å². The van der Waals surface area contributed by atoms with Crippen LogP contribution in [0.2, 0.25) is 0 Å². The van der Waals surface area contributed by atoms with Gasteiger partial charge in [-0.3, -0.25) is 9.58 Å². The Balaban J connectivity index is 1.05. The number of alkyl halides is 2. The number of rotatable bonds is 10. The molecule has 39 heavy (non-hydrogen) atoms. The molecule has 10 heteroatoms. The molecule has 8 nitrogen and oxygen atoms in total. The summed E-state index contributed by atoms with van der Waals surface area (Å²) in [6.45, 7) is 5.83. The largest absolute Gasteiger partial charge is 0.473 e. The van der Waals surface area contributed by atoms with Gasteiger partial charge in [0.05, 0.1) is 30.4 Å². The lowest BCUT2D eigenvalue weighted by Gasteiger charge is -2.36. The number of fused-ring (bicyclic) bond motifs is 1. The number of pyridine rings is 1. The van der Waals surface area contributed by atoms with Crippen LogP contribution in [0.15, 0.2) is 55.0 Å². The fourth-order valence-electron chi connectivity index (χ4n) is 5.61. The van der Waals surface area contributed by atoms with Crippen molar-refractivity contribution < 1.29 is 18.3 Å². The molecule has 0 saturated carbocycles. The zero-order valence-electron chi connectivity index (χ0n) is 22.1. The van der Waals surface area contributed by atoms with Crippen molar-refractivity contribution in [2.75, 3.05) is 19.7 Å². The highest BCUT2D eigenvalue weighted by molar-refractivity contribution is 5.79. The number of benzene rings is 1. The molecule has 206 valence electrons. The highest BCUT2D eigenvalue weighted by atomic mass is 19.3. The van der Waals surface area contributed by atoms with E-state index in [1.165, 1.54) is 4.68 Å². The third kappa shape index (κ3) is 5.81. The summed E-state index contributed by atoms with van der Waals surface area (Å²) >= 11 is 0. The van der Waals surface area contributed by atoms with Gasteiger partial charge in [-0.15, -0.1) is 0 Å². The van der Waals surface area contributed by atoms with Crippen LogP contribution in [0.3, 0.4) is 0 Å². The van der Waals surface area contributed by atoms with Gasteiger partial charge in [0, 0.05) is 42.1 Å². The van der Waals surface area contributed by atoms with Crippen molar-refractivity contribution in [2.45, 2.75) is 70.4 Å². The van der Waals surface area contributed by atoms with E-state index in [4.69, 9.17) is 14.5 Å². The van der Waals surface area contributed by atoms with Crippen LogP contribution < -0.4 is 4.74 Å². The molecule has 1 aromatic carbocycles. The van der Waals surface area contributed by atoms with E-state index >= 15 is 0 Å². The molecule has 0 bridgehead atoms. The Bertz CT molecular complexity index is 1390. The van der Waals surface area contributed by atoms with E-state index in [-0.39, 0.29) is 6.04 Å². The van der Waals surface area contributed by atoms with Gasteiger partial charge in [0.15, 0.2) is 0 Å². The SMILES string of the molecule is C[C@@H](c1nccn1C[C@@H]1CCO1)N1CCC(c2cccc(OCc3ccc4cnn(CC(F)F)c4c3)n2)CC1. The molecule has 0 unspecified atom stereocenters. The first-order valence-electron chi connectivity index (χ1n) is 13.7. The first-order valence-corrected chi connectivity index (χ1v) is 13.7. The lowest BCUT2D eigenvalue weighted by Crippen LogP contribution is -2.37. The van der Waals surface area contributed by atoms with Crippen molar-refractivity contribution in [3.8, 4) is 5.88 Å². The minimum atomic E-state index is -2.45. The molecule has 3 aromatic heterocycles. The second kappa shape index (κ2) is 11.4. The topological polar surface area (TPSA) is 70.2 Å². The van der Waals surface area contributed by atoms with Gasteiger partial charge in [-0.05, 0) is 57.0 Å². The highest BCUT2D eigenvalue weighted by Gasteiger charge is 2.28. The Morgan fingerprint density at radius 1 is 1.13 bits per heavy atom. The van der Waals surface area contributed by atoms with Crippen LogP contribution in [0, 0.1) is 0 Å². The number of hydrogen-bond acceptors (Lipinski definition) is 6. The van der Waals surface area contributed by atoms with Gasteiger partial charge >= 0.3 is 0 Å². The summed E-state index contributed by atoms with van der Waals surface area (Å²) in [4.78, 5) is 12.0. The van der Waals surface area contributed by atoms with E-state index < -0.39 is 13.0 Å². The normalized spacial score (nSPS) is 19.4. The van der Waals surface area contributed by atoms with E-state index in [9.17, 15) is 8.78 Å². The maximum Gasteiger partial charge on any atom is 0.257 e. The summed E-state index contributed by atoms with van der Waals surface area (Å²) in [6.07, 6.45) is 6.59. The number of likely N-dealkylation sites (tertiary alicyclic amines) is 1. The fourth-order valence-corrected chi connectivity index (χ4v) is 5.61. The van der Waals surface area contributed by atoms with Crippen LogP contribution in [-0.2, 0) is 24.4 Å². The first kappa shape index (κ1) is 25.9. The van der Waals surface area contributed by atoms with Crippen molar-refractivity contribution in [3.05, 3.63) is 72.1 Å². The third-order valence-corrected chi connectivity index (χ3v) is 7.96. The number of ether oxygens (including phenoxy) is 2. The minimum absolute atomic E-state index is 0.248. The zero-order valence-corrected chi connectivity index (χ0v) is 22.1. The number of imidazole rings is 1. The predicted octanol–water partition coefficient (Wildman–Crippen LogP) is 5.20. The fraction of sp³-hybridized carbons (Fsp3) is 0.483. The van der Waals surface area contributed by atoms with Gasteiger partial charge in [0.1, 0.15) is 19.0 Å². The van der Waals surface area contributed by atoms with Gasteiger partial charge in [0.2, 0.25) is 5.88 Å². The molecule has 4 aromatic rings. The van der Waals surface area contributed by atoms with Gasteiger partial charge in [-0.1, -0.05) is 18.2 Å². The number of halogens is 2. The number of hydrogen-bond donors (Lipinski definition) is 0. The Morgan fingerprint density at radius 3 is 2.74 bits per heavy atom. The molecule has 2 aliphatic rings. The van der Waals surface area contributed by atoms with Crippen molar-refractivity contribution in [2.24, 2.45) is 0 Å². The molecule has 0 amide bonds. The smallest absolute Gasteiger partial charge is 0.257 e. The Labute approximate surface area is 226 Å². The molecule has 0 spiro atoms. The maximum atomic E-state index is 12.9. The van der Waals surface area contributed by atoms with Gasteiger partial charge < -0.3 is 14.0 Å². The summed E-state index contributed by atoms with van der Waals surface area (Å²) in [5, 5.41) is 4.91. The Morgan fingerprint density at radius 2 is 1.97 bits per heavy atom. The molecule has 0 aliphatic carbocycles. The average molecular weight is 537 g/mol. The van der Waals surface area contributed by atoms with Gasteiger partial charge in [-0.2, -0.15) is 5.10 Å². The summed E-state index contributed by atoms with van der Waals surface area (Å²) in [5.74, 6) is 2.05. The first-order chi connectivity index (χ1) is 19.0. The van der Waals surface area contributed by atoms with Gasteiger partial charge in [0.25, 0.3) is 6.43 Å². The molecule has 2 aliphatic heterocycles. The van der Waals surface area contributed by atoms with Crippen LogP contribution in [0.5, 0.6) is 5.88 Å². The van der Waals surface area contributed by atoms with Crippen molar-refractivity contribution in [1.82, 2.24) is 29.2 Å². The number of aromatic nitrogens is 5. The molecule has 0 N–H and O–H groups in total. The van der Waals surface area contributed by atoms with Crippen molar-refractivity contribution in [3.63, 3.8) is 0 Å². The van der Waals surface area contributed by atoms with Crippen molar-refractivity contribution in [1.29, 1.82) is 0 Å². The quantitative estimate of drug-likeness (QED) is 0.278. The number of piperidine rings is 1. The standard InChI is InChI=1S/C29H34F2N6O2/c1-20(29-32-10-13-36(29)17-24-9-14-38-24)35-11-7-22(8-12-35)25-3-2-4-28(34-25)39-19-21-5-6-23-16-33-37(18-27(30)31)26(23)15-21/h2-6,10,13,15-16,20,22,24,27H,7-9,11-12,14,17-19H2,1H3/t20-,24-/m0/s1. The highest BCUT2D eigenvalue weighted by Crippen LogP contribution is 2.32. The van der Waals surface area contributed by atoms with Crippen LogP contribution in [-0.4, -0.2) is 61.4 Å². The second-order valence-electron chi connectivity index (χ2n) is 10.5. The summed E-state index contributed by atoms with van der Waals surface area (Å²) in [6, 6.07) is 11.9. The van der Waals surface area contributed by atoms with E-state index in [1.807, 2.05) is 36.5 Å². The van der Waals surface area contributed by atoms with E-state index in [1.54, 1.807) is 6.20 Å². The molecule has 2 saturated heterocycles. The minimum Gasteiger partial charge on any atom is -0.473 e. The predicted molar refractivity (Wildman–Crippen MR) is 143 cm³/mol. The zero-order chi connectivity index (χ0) is 26.8. The Hall–Kier alpha value is -3.37. The molecular formula is C29H34F2N6O2. The lowest BCUT2D eigenvalue weighted by molar-refractivity contribution is -0.0600. The van der Waals surface area contributed by atoms with Gasteiger partial charge in [-0.25, -0.2) is 18.7 Å². The Kier molecular flexibility index (Phi) is 7.56. The summed E-state index contributed by atoms with van der Waals surface area (Å²) < 4.78 is 41.0. The van der Waals surface area contributed by atoms with E-state index in [2.05, 4.69) is 38.7 Å². The third-order valence-electron chi connectivity index (χ3n) is 7.96. The van der Waals surface area contributed by atoms with E-state index in [0.717, 1.165) is 68.0 Å². The van der Waals surface area contributed by atoms with Crippen LogP contribution in [0.4, 0.5) is 8.78 Å². The van der Waals surface area contributed by atoms with Crippen molar-refractivity contribution >= 4 is 10.9 Å². The molecular weight excluding hydrogens is 502 g/mol. The van der Waals surface area contributed by atoms with Crippen LogP contribution in [0.25, 0.3) is 10.9 Å². The number of nitrogens with zero attached hydrogens (tertiary/aromatic N) is 6. The monoisotopic (exact) mass is 536 g/mol. The molecule has 2 fully saturated rings. The second-order valence-corrected chi connectivity index (χ2v) is 10.5. The average Bonchev–Trinajstić information content (AvgIpc) is 3.56. The molecule has 0 radical (unpaired) electrons. The lowest BCUT2D eigenvalue weighted by atomic mass is 9.92. The molecule has 2 atom stereocenters. The maximum absolute atomic E-state index is 12.9. The summed E-state index contributed by atoms with van der Waals surface area (Å²) in [5.41, 5.74) is 2.61. The van der Waals surface area contributed by atoms with E-state index in [0.29, 0.717) is 30.0 Å². The molecule has 6 rings (SSSR count). The molecule has 5 heterocycles. The van der Waals surface area contributed by atoms with Crippen LogP contribution >= 0.6 is 0 Å². The summed E-state index contributed by atoms with van der Waals surface area (Å²) in [7, 11) is 0.